The number of anilines is 1. The Morgan fingerprint density at radius 1 is 1.29 bits per heavy atom. The molecule has 2 N–H and O–H groups in total. The van der Waals surface area contributed by atoms with Gasteiger partial charge in [0.15, 0.2) is 0 Å². The Bertz CT molecular complexity index is 341. The van der Waals surface area contributed by atoms with Crippen molar-refractivity contribution in [1.29, 1.82) is 0 Å². The zero-order valence-electron chi connectivity index (χ0n) is 10.7. The van der Waals surface area contributed by atoms with Gasteiger partial charge in [0.2, 0.25) is 0 Å². The monoisotopic (exact) mass is 255 g/mol. The SMILES string of the molecule is CCCCCC[C@@H](C)Oc1ccc(Cl)cc1N. The Kier molecular flexibility index (Phi) is 6.20. The third-order valence-corrected chi connectivity index (χ3v) is 3.00. The van der Waals surface area contributed by atoms with Crippen LogP contribution in [0.2, 0.25) is 5.02 Å². The minimum absolute atomic E-state index is 0.204. The van der Waals surface area contributed by atoms with Crippen molar-refractivity contribution < 1.29 is 4.74 Å². The molecule has 1 rings (SSSR count). The highest BCUT2D eigenvalue weighted by Crippen LogP contribution is 2.26. The van der Waals surface area contributed by atoms with Crippen LogP contribution >= 0.6 is 11.6 Å². The summed E-state index contributed by atoms with van der Waals surface area (Å²) in [6, 6.07) is 5.36. The van der Waals surface area contributed by atoms with Crippen molar-refractivity contribution in [1.82, 2.24) is 0 Å². The fourth-order valence-electron chi connectivity index (χ4n) is 1.76. The van der Waals surface area contributed by atoms with E-state index in [9.17, 15) is 0 Å². The molecular weight excluding hydrogens is 234 g/mol. The van der Waals surface area contributed by atoms with Gasteiger partial charge in [-0.15, -0.1) is 0 Å². The molecular formula is C14H22ClNO. The second-order valence-corrected chi connectivity index (χ2v) is 4.90. The quantitative estimate of drug-likeness (QED) is 0.568. The zero-order valence-corrected chi connectivity index (χ0v) is 11.5. The van der Waals surface area contributed by atoms with Crippen molar-refractivity contribution >= 4 is 17.3 Å². The first-order chi connectivity index (χ1) is 8.13. The van der Waals surface area contributed by atoms with Crippen LogP contribution in [0.5, 0.6) is 5.75 Å². The van der Waals surface area contributed by atoms with E-state index in [2.05, 4.69) is 13.8 Å². The lowest BCUT2D eigenvalue weighted by Gasteiger charge is -2.16. The van der Waals surface area contributed by atoms with Gasteiger partial charge >= 0.3 is 0 Å². The van der Waals surface area contributed by atoms with Gasteiger partial charge in [-0.05, 0) is 38.0 Å². The molecule has 17 heavy (non-hydrogen) atoms. The molecule has 1 aromatic rings. The van der Waals surface area contributed by atoms with Crippen LogP contribution in [-0.4, -0.2) is 6.10 Å². The van der Waals surface area contributed by atoms with E-state index in [0.29, 0.717) is 10.7 Å². The number of ether oxygens (including phenoxy) is 1. The molecule has 0 aliphatic heterocycles. The maximum absolute atomic E-state index is 5.84. The van der Waals surface area contributed by atoms with E-state index in [1.807, 2.05) is 6.07 Å². The highest BCUT2D eigenvalue weighted by molar-refractivity contribution is 6.30. The van der Waals surface area contributed by atoms with Crippen molar-refractivity contribution in [3.05, 3.63) is 23.2 Å². The Morgan fingerprint density at radius 3 is 2.71 bits per heavy atom. The summed E-state index contributed by atoms with van der Waals surface area (Å²) in [7, 11) is 0. The van der Waals surface area contributed by atoms with E-state index in [1.165, 1.54) is 25.7 Å². The summed E-state index contributed by atoms with van der Waals surface area (Å²) < 4.78 is 5.80. The molecule has 0 saturated carbocycles. The van der Waals surface area contributed by atoms with Crippen LogP contribution in [0.3, 0.4) is 0 Å². The highest BCUT2D eigenvalue weighted by Gasteiger charge is 2.07. The summed E-state index contributed by atoms with van der Waals surface area (Å²) in [4.78, 5) is 0. The molecule has 0 aromatic heterocycles. The zero-order chi connectivity index (χ0) is 12.7. The Labute approximate surface area is 109 Å². The number of benzene rings is 1. The smallest absolute Gasteiger partial charge is 0.142 e. The summed E-state index contributed by atoms with van der Waals surface area (Å²) >= 11 is 5.84. The summed E-state index contributed by atoms with van der Waals surface area (Å²) in [6.45, 7) is 4.30. The van der Waals surface area contributed by atoms with E-state index >= 15 is 0 Å². The first-order valence-corrected chi connectivity index (χ1v) is 6.73. The van der Waals surface area contributed by atoms with E-state index in [-0.39, 0.29) is 6.10 Å². The summed E-state index contributed by atoms with van der Waals surface area (Å²) in [5, 5.41) is 0.644. The van der Waals surface area contributed by atoms with Crippen LogP contribution in [0.1, 0.15) is 46.0 Å². The molecule has 1 aromatic carbocycles. The molecule has 0 unspecified atom stereocenters. The molecule has 0 aliphatic carbocycles. The van der Waals surface area contributed by atoms with Gasteiger partial charge in [-0.25, -0.2) is 0 Å². The number of hydrogen-bond acceptors (Lipinski definition) is 2. The van der Waals surface area contributed by atoms with E-state index < -0.39 is 0 Å². The first-order valence-electron chi connectivity index (χ1n) is 6.35. The molecule has 0 aliphatic rings. The predicted molar refractivity (Wildman–Crippen MR) is 74.7 cm³/mol. The third-order valence-electron chi connectivity index (χ3n) is 2.76. The molecule has 0 bridgehead atoms. The summed E-state index contributed by atoms with van der Waals surface area (Å²) in [5.41, 5.74) is 6.45. The van der Waals surface area contributed by atoms with Gasteiger partial charge in [0.05, 0.1) is 11.8 Å². The maximum Gasteiger partial charge on any atom is 0.142 e. The number of hydrogen-bond donors (Lipinski definition) is 1. The standard InChI is InChI=1S/C14H22ClNO/c1-3-4-5-6-7-11(2)17-14-9-8-12(15)10-13(14)16/h8-11H,3-7,16H2,1-2H3/t11-/m1/s1. The van der Waals surface area contributed by atoms with Crippen LogP contribution in [0, 0.1) is 0 Å². The molecule has 96 valence electrons. The van der Waals surface area contributed by atoms with Crippen LogP contribution in [0.15, 0.2) is 18.2 Å². The maximum atomic E-state index is 5.84. The fraction of sp³-hybridized carbons (Fsp3) is 0.571. The van der Waals surface area contributed by atoms with E-state index in [4.69, 9.17) is 22.1 Å². The Hall–Kier alpha value is -0.890. The van der Waals surface area contributed by atoms with Crippen molar-refractivity contribution in [2.75, 3.05) is 5.73 Å². The molecule has 0 spiro atoms. The third kappa shape index (κ3) is 5.31. The normalized spacial score (nSPS) is 12.4. The van der Waals surface area contributed by atoms with Crippen molar-refractivity contribution in [2.24, 2.45) is 0 Å². The second kappa shape index (κ2) is 7.44. The lowest BCUT2D eigenvalue weighted by molar-refractivity contribution is 0.207. The highest BCUT2D eigenvalue weighted by atomic mass is 35.5. The summed E-state index contributed by atoms with van der Waals surface area (Å²) in [5.74, 6) is 0.734. The number of halogens is 1. The second-order valence-electron chi connectivity index (χ2n) is 4.46. The molecule has 1 atom stereocenters. The minimum atomic E-state index is 0.204. The van der Waals surface area contributed by atoms with E-state index in [0.717, 1.165) is 12.2 Å². The van der Waals surface area contributed by atoms with Crippen LogP contribution in [0.4, 0.5) is 5.69 Å². The first kappa shape index (κ1) is 14.2. The molecule has 0 radical (unpaired) electrons. The van der Waals surface area contributed by atoms with Gasteiger partial charge in [0.25, 0.3) is 0 Å². The van der Waals surface area contributed by atoms with Gasteiger partial charge in [-0.2, -0.15) is 0 Å². The fourth-order valence-corrected chi connectivity index (χ4v) is 1.94. The lowest BCUT2D eigenvalue weighted by atomic mass is 10.1. The van der Waals surface area contributed by atoms with Gasteiger partial charge in [0, 0.05) is 5.02 Å². The topological polar surface area (TPSA) is 35.2 Å². The molecule has 0 fully saturated rings. The predicted octanol–water partition coefficient (Wildman–Crippen LogP) is 4.66. The van der Waals surface area contributed by atoms with Crippen molar-refractivity contribution in [3.8, 4) is 5.75 Å². The molecule has 3 heteroatoms. The number of rotatable bonds is 7. The van der Waals surface area contributed by atoms with Crippen LogP contribution in [-0.2, 0) is 0 Å². The number of unbranched alkanes of at least 4 members (excludes halogenated alkanes) is 3. The lowest BCUT2D eigenvalue weighted by Crippen LogP contribution is -2.12. The van der Waals surface area contributed by atoms with E-state index in [1.54, 1.807) is 12.1 Å². The van der Waals surface area contributed by atoms with Gasteiger partial charge < -0.3 is 10.5 Å². The Morgan fingerprint density at radius 2 is 2.06 bits per heavy atom. The largest absolute Gasteiger partial charge is 0.489 e. The molecule has 2 nitrogen and oxygen atoms in total. The Balaban J connectivity index is 2.37. The molecule has 0 amide bonds. The minimum Gasteiger partial charge on any atom is -0.489 e. The van der Waals surface area contributed by atoms with Crippen molar-refractivity contribution in [2.45, 2.75) is 52.1 Å². The van der Waals surface area contributed by atoms with Crippen molar-refractivity contribution in [3.63, 3.8) is 0 Å². The van der Waals surface area contributed by atoms with Gasteiger partial charge in [0.1, 0.15) is 5.75 Å². The number of nitrogen functional groups attached to an aromatic ring is 1. The van der Waals surface area contributed by atoms with Gasteiger partial charge in [-0.3, -0.25) is 0 Å². The summed E-state index contributed by atoms with van der Waals surface area (Å²) in [6.07, 6.45) is 6.33. The molecule has 0 saturated heterocycles. The average Bonchev–Trinajstić information content (AvgIpc) is 2.28. The average molecular weight is 256 g/mol. The van der Waals surface area contributed by atoms with Crippen LogP contribution in [0.25, 0.3) is 0 Å². The number of nitrogens with two attached hydrogens (primary N) is 1. The molecule has 0 heterocycles. The van der Waals surface area contributed by atoms with Gasteiger partial charge in [-0.1, -0.05) is 37.8 Å². The van der Waals surface area contributed by atoms with Crippen LogP contribution < -0.4 is 10.5 Å².